The molecule has 2 heterocycles. The molecule has 0 amide bonds. The first kappa shape index (κ1) is 69.6. The molecule has 0 fully saturated rings. The van der Waals surface area contributed by atoms with Crippen LogP contribution >= 0.6 is 0 Å². The molecule has 0 aliphatic heterocycles. The third-order valence-corrected chi connectivity index (χ3v) is 24.2. The van der Waals surface area contributed by atoms with Gasteiger partial charge in [0.1, 0.15) is 0 Å². The van der Waals surface area contributed by atoms with Crippen LogP contribution in [0.2, 0.25) is 0 Å². The van der Waals surface area contributed by atoms with E-state index in [9.17, 15) is 0 Å². The fraction of sp³-hybridized carbons (Fsp3) is 0.0450. The van der Waals surface area contributed by atoms with E-state index >= 15 is 0 Å². The molecule has 2 aliphatic carbocycles. The lowest BCUT2D eigenvalue weighted by Crippen LogP contribution is -2.23. The molecule has 0 radical (unpaired) electrons. The molecule has 0 spiro atoms. The first-order chi connectivity index (χ1) is 56.6. The first-order valence-electron chi connectivity index (χ1n) is 39.7. The van der Waals surface area contributed by atoms with Gasteiger partial charge in [-0.3, -0.25) is 0 Å². The topological polar surface area (TPSA) is 16.3 Å². The predicted molar refractivity (Wildman–Crippen MR) is 488 cm³/mol. The van der Waals surface area contributed by atoms with Gasteiger partial charge in [-0.1, -0.05) is 312 Å². The van der Waals surface area contributed by atoms with Crippen molar-refractivity contribution in [3.63, 3.8) is 0 Å². The van der Waals surface area contributed by atoms with Crippen LogP contribution in [0.5, 0.6) is 0 Å². The van der Waals surface area contributed by atoms with E-state index in [0.717, 1.165) is 45.3 Å². The van der Waals surface area contributed by atoms with Gasteiger partial charge in [-0.05, 0) is 246 Å². The quantitative estimate of drug-likeness (QED) is 0.102. The molecule has 546 valence electrons. The number of benzene rings is 17. The van der Waals surface area contributed by atoms with Gasteiger partial charge >= 0.3 is 0 Å². The summed E-state index contributed by atoms with van der Waals surface area (Å²) < 4.78 is 4.74. The molecule has 21 rings (SSSR count). The van der Waals surface area contributed by atoms with Crippen LogP contribution in [0.25, 0.3) is 134 Å². The molecule has 0 saturated carbocycles. The number of anilines is 6. The summed E-state index contributed by atoms with van der Waals surface area (Å²) in [6.07, 6.45) is 3.80. The van der Waals surface area contributed by atoms with E-state index in [1.165, 1.54) is 150 Å². The highest BCUT2D eigenvalue weighted by Crippen LogP contribution is 2.55. The molecule has 0 N–H and O–H groups in total. The highest BCUT2D eigenvalue weighted by molar-refractivity contribution is 6.12. The van der Waals surface area contributed by atoms with E-state index in [1.807, 2.05) is 12.2 Å². The van der Waals surface area contributed by atoms with Gasteiger partial charge in [0.2, 0.25) is 0 Å². The maximum Gasteiger partial charge on any atom is 0.0541 e. The minimum absolute atomic E-state index is 0.0960. The molecular weight excluding hydrogens is 1390 g/mol. The van der Waals surface area contributed by atoms with E-state index < -0.39 is 0 Å². The lowest BCUT2D eigenvalue weighted by molar-refractivity contribution is 0.660. The molecular formula is C111H82N4. The van der Waals surface area contributed by atoms with Crippen LogP contribution in [-0.4, -0.2) is 9.13 Å². The van der Waals surface area contributed by atoms with Crippen molar-refractivity contribution in [3.8, 4) is 78.1 Å². The summed E-state index contributed by atoms with van der Waals surface area (Å²) in [5.74, 6) is 0. The molecule has 0 saturated heterocycles. The second kappa shape index (κ2) is 28.6. The van der Waals surface area contributed by atoms with Crippen LogP contribution in [-0.2, 0) is 10.8 Å². The van der Waals surface area contributed by atoms with Crippen LogP contribution in [0.3, 0.4) is 0 Å². The van der Waals surface area contributed by atoms with Gasteiger partial charge in [0.25, 0.3) is 0 Å². The summed E-state index contributed by atoms with van der Waals surface area (Å²) in [5.41, 5.74) is 37.1. The van der Waals surface area contributed by atoms with Crippen LogP contribution in [0, 0.1) is 0 Å². The lowest BCUT2D eigenvalue weighted by Gasteiger charge is -2.31. The molecule has 115 heavy (non-hydrogen) atoms. The fourth-order valence-electron chi connectivity index (χ4n) is 18.3. The van der Waals surface area contributed by atoms with E-state index in [0.29, 0.717) is 0 Å². The van der Waals surface area contributed by atoms with Crippen molar-refractivity contribution in [1.29, 1.82) is 0 Å². The Hall–Kier alpha value is -14.6. The molecule has 4 nitrogen and oxygen atoms in total. The van der Waals surface area contributed by atoms with Crippen LogP contribution in [0.15, 0.2) is 420 Å². The van der Waals surface area contributed by atoms with Gasteiger partial charge in [0.05, 0.1) is 22.1 Å². The van der Waals surface area contributed by atoms with Crippen molar-refractivity contribution in [3.05, 3.63) is 459 Å². The van der Waals surface area contributed by atoms with Gasteiger partial charge < -0.3 is 18.9 Å². The van der Waals surface area contributed by atoms with Crippen molar-refractivity contribution in [2.75, 3.05) is 9.80 Å². The van der Waals surface area contributed by atoms with E-state index in [-0.39, 0.29) is 10.8 Å². The Morgan fingerprint density at radius 2 is 0.548 bits per heavy atom. The minimum Gasteiger partial charge on any atom is -0.310 e. The Bertz CT molecular complexity index is 6910. The zero-order valence-electron chi connectivity index (χ0n) is 64.5. The fourth-order valence-corrected chi connectivity index (χ4v) is 18.3. The van der Waals surface area contributed by atoms with Crippen LogP contribution in [0.4, 0.5) is 34.1 Å². The molecule has 19 aromatic rings. The van der Waals surface area contributed by atoms with E-state index in [4.69, 9.17) is 0 Å². The van der Waals surface area contributed by atoms with Crippen LogP contribution < -0.4 is 9.80 Å². The summed E-state index contributed by atoms with van der Waals surface area (Å²) in [4.78, 5) is 4.80. The van der Waals surface area contributed by atoms with E-state index in [2.05, 4.69) is 459 Å². The van der Waals surface area contributed by atoms with Crippen molar-refractivity contribution >= 4 is 89.9 Å². The molecule has 2 aliphatic rings. The van der Waals surface area contributed by atoms with Crippen LogP contribution in [0.1, 0.15) is 59.7 Å². The molecule has 4 heteroatoms. The zero-order chi connectivity index (χ0) is 77.3. The Balaban J connectivity index is 0.000000149. The molecule has 1 unspecified atom stereocenters. The summed E-state index contributed by atoms with van der Waals surface area (Å²) in [5, 5.41) is 5.01. The smallest absolute Gasteiger partial charge is 0.0541 e. The number of fused-ring (bicyclic) bond motifs is 12. The minimum atomic E-state index is -0.337. The molecule has 1 atom stereocenters. The van der Waals surface area contributed by atoms with Gasteiger partial charge in [-0.15, -0.1) is 0 Å². The number of aromatic nitrogens is 2. The van der Waals surface area contributed by atoms with Gasteiger partial charge in [-0.2, -0.15) is 0 Å². The maximum atomic E-state index is 4.01. The number of para-hydroxylation sites is 4. The van der Waals surface area contributed by atoms with Crippen molar-refractivity contribution < 1.29 is 0 Å². The standard InChI is InChI=1S/C58H42N2.C53H40N2/c1-3-40-22-29-45(30-23-40)58(2)54-20-12-10-18-50(54)51-36-35-49(39-55(51)58)59(47-31-24-42(25-32-47)41-14-6-4-7-15-41)48-33-26-43(27-34-48)44-28-37-57-53(38-44)52-19-11-13-21-56(52)60(57)46-16-8-5-9-17-46;1-4-36-18-20-37(21-19-36)38-22-27-42(28-23-38)54(44-31-32-46-45-14-8-10-16-49(45)53(2,3)50(46)35-44)43-29-24-39(25-30-43)40-26-33-52-48(34-40)47-15-9-11-17-51(47)55(52)41-12-6-5-7-13-41/h3-39H,1H2,2H3;4-35H,1H2,2-3H3. The van der Waals surface area contributed by atoms with Gasteiger partial charge in [-0.25, -0.2) is 0 Å². The average Bonchev–Trinajstić information content (AvgIpc) is 1.17. The number of nitrogens with zero attached hydrogens (tertiary/aromatic N) is 4. The zero-order valence-corrected chi connectivity index (χ0v) is 64.5. The largest absolute Gasteiger partial charge is 0.310 e. The highest BCUT2D eigenvalue weighted by atomic mass is 15.1. The average molecular weight is 1470 g/mol. The summed E-state index contributed by atoms with van der Waals surface area (Å²) in [7, 11) is 0. The molecule has 17 aromatic carbocycles. The Labute approximate surface area is 672 Å². The lowest BCUT2D eigenvalue weighted by atomic mass is 9.74. The second-order valence-corrected chi connectivity index (χ2v) is 31.0. The van der Waals surface area contributed by atoms with Gasteiger partial charge in [0.15, 0.2) is 0 Å². The third kappa shape index (κ3) is 12.1. The number of hydrogen-bond acceptors (Lipinski definition) is 2. The molecule has 0 bridgehead atoms. The van der Waals surface area contributed by atoms with Crippen molar-refractivity contribution in [2.45, 2.75) is 31.6 Å². The van der Waals surface area contributed by atoms with Gasteiger partial charge in [0, 0.05) is 77.9 Å². The van der Waals surface area contributed by atoms with E-state index in [1.54, 1.807) is 0 Å². The SMILES string of the molecule is C=Cc1ccc(-c2ccc(N(c3ccc(-c4ccc5c(c4)c4ccccc4n5-c4ccccc4)cc3)c3ccc4c(c3)C(C)(C)c3ccccc3-4)cc2)cc1.C=Cc1ccc(C2(C)c3ccccc3-c3ccc(N(c4ccc(-c5ccccc5)cc4)c4ccc(-c5ccc6c(c5)c5ccccc5n6-c5ccccc5)cc4)cc32)cc1. The third-order valence-electron chi connectivity index (χ3n) is 24.2. The Morgan fingerprint density at radius 1 is 0.235 bits per heavy atom. The monoisotopic (exact) mass is 1470 g/mol. The summed E-state index contributed by atoms with van der Waals surface area (Å²) in [6, 6.07) is 148. The maximum absolute atomic E-state index is 4.01. The molecule has 2 aromatic heterocycles. The highest BCUT2D eigenvalue weighted by Gasteiger charge is 2.42. The predicted octanol–water partition coefficient (Wildman–Crippen LogP) is 30.1. The van der Waals surface area contributed by atoms with Crippen molar-refractivity contribution in [2.24, 2.45) is 0 Å². The first-order valence-corrected chi connectivity index (χ1v) is 39.7. The Kier molecular flexibility index (Phi) is 17.3. The summed E-state index contributed by atoms with van der Waals surface area (Å²) in [6.45, 7) is 15.0. The number of hydrogen-bond donors (Lipinski definition) is 0. The normalized spacial score (nSPS) is 13.5. The summed E-state index contributed by atoms with van der Waals surface area (Å²) >= 11 is 0. The van der Waals surface area contributed by atoms with Crippen molar-refractivity contribution in [1.82, 2.24) is 9.13 Å². The Morgan fingerprint density at radius 3 is 1.00 bits per heavy atom. The number of rotatable bonds is 15. The second-order valence-electron chi connectivity index (χ2n) is 31.0.